The van der Waals surface area contributed by atoms with Crippen molar-refractivity contribution in [2.75, 3.05) is 10.7 Å². The summed E-state index contributed by atoms with van der Waals surface area (Å²) in [6, 6.07) is 7.20. The molecule has 3 N–H and O–H groups in total. The van der Waals surface area contributed by atoms with Gasteiger partial charge in [0.25, 0.3) is 5.91 Å². The van der Waals surface area contributed by atoms with E-state index >= 15 is 0 Å². The first-order valence-corrected chi connectivity index (χ1v) is 10.4. The summed E-state index contributed by atoms with van der Waals surface area (Å²) in [5.74, 6) is -2.50. The van der Waals surface area contributed by atoms with Crippen LogP contribution < -0.4 is 10.7 Å². The van der Waals surface area contributed by atoms with Crippen molar-refractivity contribution in [2.24, 2.45) is 5.10 Å². The smallest absolute Gasteiger partial charge is 0.320 e. The summed E-state index contributed by atoms with van der Waals surface area (Å²) in [5, 5.41) is 13.3. The van der Waals surface area contributed by atoms with Crippen LogP contribution >= 0.6 is 0 Å². The second kappa shape index (κ2) is 10.2. The van der Waals surface area contributed by atoms with Crippen molar-refractivity contribution in [3.8, 4) is 11.4 Å². The number of pyridine rings is 2. The number of hydrogen-bond donors (Lipinski definition) is 3. The molecule has 0 spiro atoms. The number of fused-ring (bicyclic) bond motifs is 1. The number of nitrogens with zero attached hydrogens (tertiary/aromatic N) is 5. The number of nitrogens with one attached hydrogen (secondary N) is 3. The van der Waals surface area contributed by atoms with Gasteiger partial charge in [-0.15, -0.1) is 0 Å². The minimum atomic E-state index is -5.10. The molecule has 38 heavy (non-hydrogen) atoms. The van der Waals surface area contributed by atoms with Crippen molar-refractivity contribution >= 4 is 40.6 Å². The molecular formula is C23H14F6N8O. The quantitative estimate of drug-likeness (QED) is 0.173. The summed E-state index contributed by atoms with van der Waals surface area (Å²) < 4.78 is 82.1. The standard InChI is InChI=1S/C23H14F6N8O/c24-22(25,26)17-7-13(9-32-20(17)37-34-6-5-30)35-21(38)16-11-33-19(36-18(16)23(27,28)29)15-10-31-8-12-3-1-2-4-14(12)15/h1-11,30H,(H,32,37)(H,35,38)/b30-5?,34-6-. The number of hydrazone groups is 1. The molecule has 0 aliphatic heterocycles. The Hall–Kier alpha value is -4.95. The Labute approximate surface area is 209 Å². The van der Waals surface area contributed by atoms with E-state index in [4.69, 9.17) is 5.41 Å². The van der Waals surface area contributed by atoms with Crippen LogP contribution in [0.4, 0.5) is 37.8 Å². The molecule has 0 aliphatic carbocycles. The van der Waals surface area contributed by atoms with Crippen LogP contribution in [0.5, 0.6) is 0 Å². The van der Waals surface area contributed by atoms with Crippen molar-refractivity contribution in [1.29, 1.82) is 5.41 Å². The predicted octanol–water partition coefficient (Wildman–Crippen LogP) is 5.42. The van der Waals surface area contributed by atoms with Gasteiger partial charge in [-0.05, 0) is 11.5 Å². The van der Waals surface area contributed by atoms with E-state index in [0.717, 1.165) is 12.4 Å². The molecule has 0 unspecified atom stereocenters. The number of aromatic nitrogens is 4. The molecule has 0 radical (unpaired) electrons. The average molecular weight is 532 g/mol. The molecule has 0 aliphatic rings. The van der Waals surface area contributed by atoms with Gasteiger partial charge in [0.15, 0.2) is 17.3 Å². The lowest BCUT2D eigenvalue weighted by Crippen LogP contribution is -2.22. The average Bonchev–Trinajstić information content (AvgIpc) is 2.87. The van der Waals surface area contributed by atoms with E-state index in [1.807, 2.05) is 10.7 Å². The zero-order valence-electron chi connectivity index (χ0n) is 18.8. The van der Waals surface area contributed by atoms with Crippen LogP contribution in [-0.4, -0.2) is 38.3 Å². The molecule has 1 aromatic carbocycles. The summed E-state index contributed by atoms with van der Waals surface area (Å²) in [5.41, 5.74) is -2.31. The van der Waals surface area contributed by atoms with Crippen LogP contribution in [0.2, 0.25) is 0 Å². The molecule has 15 heteroatoms. The fourth-order valence-corrected chi connectivity index (χ4v) is 3.36. The normalized spacial score (nSPS) is 12.1. The molecule has 4 aromatic rings. The van der Waals surface area contributed by atoms with Crippen molar-refractivity contribution in [1.82, 2.24) is 19.9 Å². The predicted molar refractivity (Wildman–Crippen MR) is 126 cm³/mol. The highest BCUT2D eigenvalue weighted by atomic mass is 19.4. The molecular weight excluding hydrogens is 518 g/mol. The van der Waals surface area contributed by atoms with E-state index in [-0.39, 0.29) is 11.4 Å². The highest BCUT2D eigenvalue weighted by molar-refractivity contribution is 6.14. The zero-order chi connectivity index (χ0) is 27.5. The van der Waals surface area contributed by atoms with Gasteiger partial charge >= 0.3 is 12.4 Å². The van der Waals surface area contributed by atoms with Gasteiger partial charge in [0.1, 0.15) is 5.56 Å². The fraction of sp³-hybridized carbons (Fsp3) is 0.0870. The number of carbonyl (C=O) groups is 1. The summed E-state index contributed by atoms with van der Waals surface area (Å²) in [7, 11) is 0. The molecule has 3 aromatic heterocycles. The van der Waals surface area contributed by atoms with E-state index in [1.165, 1.54) is 12.4 Å². The van der Waals surface area contributed by atoms with Crippen LogP contribution in [0, 0.1) is 5.41 Å². The monoisotopic (exact) mass is 532 g/mol. The second-order valence-electron chi connectivity index (χ2n) is 7.49. The van der Waals surface area contributed by atoms with Gasteiger partial charge < -0.3 is 10.7 Å². The Kier molecular flexibility index (Phi) is 7.01. The van der Waals surface area contributed by atoms with Crippen LogP contribution in [-0.2, 0) is 12.4 Å². The molecule has 0 atom stereocenters. The Balaban J connectivity index is 1.71. The molecule has 194 valence electrons. The topological polar surface area (TPSA) is 129 Å². The highest BCUT2D eigenvalue weighted by Crippen LogP contribution is 2.36. The molecule has 0 saturated heterocycles. The minimum absolute atomic E-state index is 0.188. The van der Waals surface area contributed by atoms with E-state index in [9.17, 15) is 31.1 Å². The maximum atomic E-state index is 13.9. The summed E-state index contributed by atoms with van der Waals surface area (Å²) >= 11 is 0. The highest BCUT2D eigenvalue weighted by Gasteiger charge is 2.39. The maximum Gasteiger partial charge on any atom is 0.434 e. The first kappa shape index (κ1) is 26.1. The number of carbonyl (C=O) groups excluding carboxylic acids is 1. The fourth-order valence-electron chi connectivity index (χ4n) is 3.36. The largest absolute Gasteiger partial charge is 0.434 e. The van der Waals surface area contributed by atoms with E-state index in [1.54, 1.807) is 24.3 Å². The number of amides is 1. The van der Waals surface area contributed by atoms with Crippen LogP contribution in [0.25, 0.3) is 22.2 Å². The van der Waals surface area contributed by atoms with Crippen LogP contribution in [0.1, 0.15) is 21.6 Å². The maximum absolute atomic E-state index is 13.9. The Bertz CT molecular complexity index is 1550. The lowest BCUT2D eigenvalue weighted by atomic mass is 10.1. The Morgan fingerprint density at radius 2 is 1.74 bits per heavy atom. The number of anilines is 2. The van der Waals surface area contributed by atoms with Crippen LogP contribution in [0.3, 0.4) is 0 Å². The lowest BCUT2D eigenvalue weighted by Gasteiger charge is -2.15. The molecule has 9 nitrogen and oxygen atoms in total. The van der Waals surface area contributed by atoms with E-state index in [0.29, 0.717) is 29.3 Å². The van der Waals surface area contributed by atoms with E-state index in [2.05, 4.69) is 25.0 Å². The first-order chi connectivity index (χ1) is 18.0. The number of alkyl halides is 6. The molecule has 0 bridgehead atoms. The molecule has 1 amide bonds. The lowest BCUT2D eigenvalue weighted by molar-refractivity contribution is -0.141. The Morgan fingerprint density at radius 3 is 2.45 bits per heavy atom. The third-order valence-electron chi connectivity index (χ3n) is 4.98. The number of benzene rings is 1. The van der Waals surface area contributed by atoms with Gasteiger partial charge in [0, 0.05) is 35.8 Å². The summed E-state index contributed by atoms with van der Waals surface area (Å²) in [6.07, 6.45) is -4.27. The van der Waals surface area contributed by atoms with Crippen LogP contribution in [0.15, 0.2) is 60.2 Å². The van der Waals surface area contributed by atoms with Gasteiger partial charge in [-0.2, -0.15) is 31.4 Å². The molecule has 3 heterocycles. The molecule has 0 saturated carbocycles. The number of rotatable bonds is 6. The number of halogens is 6. The summed E-state index contributed by atoms with van der Waals surface area (Å²) in [6.45, 7) is 0. The van der Waals surface area contributed by atoms with Crippen molar-refractivity contribution in [2.45, 2.75) is 12.4 Å². The summed E-state index contributed by atoms with van der Waals surface area (Å²) in [4.78, 5) is 27.7. The SMILES string of the molecule is N=C/C=N\Nc1ncc(NC(=O)c2cnc(-c3cncc4ccccc34)nc2C(F)(F)F)cc1C(F)(F)F. The second-order valence-corrected chi connectivity index (χ2v) is 7.49. The third-order valence-corrected chi connectivity index (χ3v) is 4.98. The van der Waals surface area contributed by atoms with Crippen molar-refractivity contribution in [3.63, 3.8) is 0 Å². The molecule has 4 rings (SSSR count). The first-order valence-electron chi connectivity index (χ1n) is 10.4. The van der Waals surface area contributed by atoms with Crippen molar-refractivity contribution in [3.05, 3.63) is 71.9 Å². The van der Waals surface area contributed by atoms with Gasteiger partial charge in [0.05, 0.1) is 23.7 Å². The number of hydrogen-bond acceptors (Lipinski definition) is 8. The van der Waals surface area contributed by atoms with Gasteiger partial charge in [-0.25, -0.2) is 15.0 Å². The zero-order valence-corrected chi connectivity index (χ0v) is 18.8. The van der Waals surface area contributed by atoms with Crippen molar-refractivity contribution < 1.29 is 31.1 Å². The third kappa shape index (κ3) is 5.55. The minimum Gasteiger partial charge on any atom is -0.320 e. The van der Waals surface area contributed by atoms with E-state index < -0.39 is 46.6 Å². The molecule has 0 fully saturated rings. The van der Waals surface area contributed by atoms with Gasteiger partial charge in [-0.3, -0.25) is 15.2 Å². The Morgan fingerprint density at radius 1 is 0.974 bits per heavy atom. The van der Waals surface area contributed by atoms with Gasteiger partial charge in [0.2, 0.25) is 0 Å². The van der Waals surface area contributed by atoms with Gasteiger partial charge in [-0.1, -0.05) is 24.3 Å².